The molecule has 4 rings (SSSR count). The lowest BCUT2D eigenvalue weighted by molar-refractivity contribution is -0.115. The van der Waals surface area contributed by atoms with Gasteiger partial charge >= 0.3 is 0 Å². The van der Waals surface area contributed by atoms with E-state index in [0.29, 0.717) is 10.6 Å². The van der Waals surface area contributed by atoms with Crippen LogP contribution in [0, 0.1) is 17.1 Å². The van der Waals surface area contributed by atoms with Crippen LogP contribution in [0.4, 0.5) is 9.39 Å². The van der Waals surface area contributed by atoms with Crippen molar-refractivity contribution in [2.24, 2.45) is 0 Å². The maximum atomic E-state index is 13.8. The molecule has 3 aromatic rings. The quantitative estimate of drug-likeness (QED) is 0.339. The predicted molar refractivity (Wildman–Crippen MR) is 124 cm³/mol. The number of nitrogens with one attached hydrogen (secondary N) is 1. The third-order valence-electron chi connectivity index (χ3n) is 5.33. The van der Waals surface area contributed by atoms with E-state index in [0.717, 1.165) is 49.4 Å². The van der Waals surface area contributed by atoms with E-state index in [2.05, 4.69) is 21.6 Å². The van der Waals surface area contributed by atoms with Crippen LogP contribution in [0.25, 0.3) is 0 Å². The number of hydrogen-bond acceptors (Lipinski definition) is 8. The van der Waals surface area contributed by atoms with Crippen LogP contribution in [0.3, 0.4) is 0 Å². The highest BCUT2D eigenvalue weighted by molar-refractivity contribution is 8.00. The number of aryl methyl sites for hydroxylation is 1. The number of benzene rings is 1. The number of carbonyl (C=O) groups is 1. The Morgan fingerprint density at radius 1 is 1.27 bits per heavy atom. The van der Waals surface area contributed by atoms with Gasteiger partial charge in [-0.05, 0) is 57.2 Å². The Hall–Kier alpha value is -2.90. The molecule has 2 heterocycles. The van der Waals surface area contributed by atoms with Crippen LogP contribution in [-0.4, -0.2) is 21.4 Å². The van der Waals surface area contributed by atoms with Gasteiger partial charge in [-0.2, -0.15) is 5.26 Å². The minimum atomic E-state index is -0.660. The van der Waals surface area contributed by atoms with Crippen LogP contribution in [0.2, 0.25) is 0 Å². The van der Waals surface area contributed by atoms with Gasteiger partial charge in [0.1, 0.15) is 11.1 Å². The van der Waals surface area contributed by atoms with Crippen LogP contribution >= 0.6 is 23.1 Å². The van der Waals surface area contributed by atoms with Crippen molar-refractivity contribution in [3.63, 3.8) is 0 Å². The number of rotatable bonds is 7. The van der Waals surface area contributed by atoms with Crippen molar-refractivity contribution in [2.75, 3.05) is 5.32 Å². The Balaban J connectivity index is 1.39. The molecule has 0 bridgehead atoms. The molecule has 0 unspecified atom stereocenters. The molecule has 2 aromatic heterocycles. The summed E-state index contributed by atoms with van der Waals surface area (Å²) in [4.78, 5) is 14.0. The predicted octanol–water partition coefficient (Wildman–Crippen LogP) is 5.67. The van der Waals surface area contributed by atoms with Crippen molar-refractivity contribution in [3.05, 3.63) is 52.0 Å². The summed E-state index contributed by atoms with van der Waals surface area (Å²) >= 11 is 2.61. The van der Waals surface area contributed by atoms with Gasteiger partial charge in [0.25, 0.3) is 11.1 Å². The van der Waals surface area contributed by atoms with Gasteiger partial charge in [0.2, 0.25) is 5.91 Å². The number of ether oxygens (including phenoxy) is 1. The van der Waals surface area contributed by atoms with E-state index in [9.17, 15) is 14.4 Å². The number of amides is 1. The normalized spacial score (nSPS) is 15.1. The molecule has 0 saturated heterocycles. The van der Waals surface area contributed by atoms with E-state index < -0.39 is 17.2 Å². The van der Waals surface area contributed by atoms with Crippen molar-refractivity contribution < 1.29 is 18.3 Å². The van der Waals surface area contributed by atoms with Crippen molar-refractivity contribution in [1.29, 1.82) is 5.26 Å². The third-order valence-corrected chi connectivity index (χ3v) is 7.47. The average molecular weight is 487 g/mol. The number of hydrogen-bond donors (Lipinski definition) is 1. The number of thiophene rings is 1. The van der Waals surface area contributed by atoms with Crippen LogP contribution in [0.1, 0.15) is 61.1 Å². The third kappa shape index (κ3) is 5.37. The second kappa shape index (κ2) is 10.4. The molecule has 33 heavy (non-hydrogen) atoms. The molecule has 172 valence electrons. The molecule has 0 aliphatic heterocycles. The van der Waals surface area contributed by atoms with Crippen LogP contribution < -0.4 is 10.1 Å². The fourth-order valence-corrected chi connectivity index (χ4v) is 5.51. The highest BCUT2D eigenvalue weighted by Gasteiger charge is 2.25. The molecule has 1 aliphatic carbocycles. The Morgan fingerprint density at radius 2 is 2.06 bits per heavy atom. The monoisotopic (exact) mass is 486 g/mol. The highest BCUT2D eigenvalue weighted by Crippen LogP contribution is 2.37. The summed E-state index contributed by atoms with van der Waals surface area (Å²) in [6.45, 7) is 3.41. The standard InChI is InChI=1S/C23H23FN4O3S2/c1-13(30-18-10-7-6-9-17(18)24)21-27-28-23(31-21)32-14(2)20(29)26-22-16(12-25)15-8-4-3-5-11-19(15)33-22/h6-7,9-10,13-14H,3-5,8,11H2,1-2H3,(H,26,29)/t13-,14+/m1/s1. The van der Waals surface area contributed by atoms with Crippen LogP contribution in [0.5, 0.6) is 5.75 Å². The summed E-state index contributed by atoms with van der Waals surface area (Å²) < 4.78 is 25.0. The van der Waals surface area contributed by atoms with Gasteiger partial charge < -0.3 is 14.5 Å². The van der Waals surface area contributed by atoms with Gasteiger partial charge in [-0.15, -0.1) is 21.5 Å². The number of thioether (sulfide) groups is 1. The number of nitriles is 1. The average Bonchev–Trinajstić information content (AvgIpc) is 3.32. The van der Waals surface area contributed by atoms with E-state index in [1.54, 1.807) is 26.0 Å². The smallest absolute Gasteiger partial charge is 0.277 e. The topological polar surface area (TPSA) is 101 Å². The molecule has 0 spiro atoms. The zero-order chi connectivity index (χ0) is 23.4. The van der Waals surface area contributed by atoms with E-state index in [1.807, 2.05) is 0 Å². The number of carbonyl (C=O) groups excluding carboxylic acids is 1. The first kappa shape index (κ1) is 23.3. The lowest BCUT2D eigenvalue weighted by Crippen LogP contribution is -2.22. The molecule has 1 amide bonds. The first-order chi connectivity index (χ1) is 16.0. The minimum Gasteiger partial charge on any atom is -0.478 e. The second-order valence-corrected chi connectivity index (χ2v) is 10.1. The molecule has 10 heteroatoms. The summed E-state index contributed by atoms with van der Waals surface area (Å²) in [5.41, 5.74) is 1.67. The molecule has 1 aliphatic rings. The lowest BCUT2D eigenvalue weighted by atomic mass is 10.1. The van der Waals surface area contributed by atoms with Crippen molar-refractivity contribution >= 4 is 34.0 Å². The summed E-state index contributed by atoms with van der Waals surface area (Å²) in [5, 5.41) is 20.8. The lowest BCUT2D eigenvalue weighted by Gasteiger charge is -2.11. The van der Waals surface area contributed by atoms with E-state index in [1.165, 1.54) is 28.3 Å². The molecular formula is C23H23FN4O3S2. The Bertz CT molecular complexity index is 1190. The van der Waals surface area contributed by atoms with Gasteiger partial charge in [0.05, 0.1) is 10.8 Å². The van der Waals surface area contributed by atoms with Gasteiger partial charge in [0.15, 0.2) is 17.7 Å². The molecule has 0 saturated carbocycles. The van der Waals surface area contributed by atoms with Crippen molar-refractivity contribution in [3.8, 4) is 11.8 Å². The fraction of sp³-hybridized carbons (Fsp3) is 0.391. The molecule has 1 N–H and O–H groups in total. The zero-order valence-electron chi connectivity index (χ0n) is 18.3. The number of nitrogens with zero attached hydrogens (tertiary/aromatic N) is 3. The number of anilines is 1. The number of halogens is 1. The molecule has 0 radical (unpaired) electrons. The SMILES string of the molecule is C[C@H](Sc1nnc([C@@H](C)Oc2ccccc2F)o1)C(=O)Nc1sc2c(c1C#N)CCCCC2. The second-order valence-electron chi connectivity index (χ2n) is 7.73. The number of fused-ring (bicyclic) bond motifs is 1. The van der Waals surface area contributed by atoms with Crippen molar-refractivity contribution in [1.82, 2.24) is 10.2 Å². The Labute approximate surface area is 199 Å². The maximum Gasteiger partial charge on any atom is 0.277 e. The van der Waals surface area contributed by atoms with E-state index in [4.69, 9.17) is 9.15 Å². The molecule has 1 aromatic carbocycles. The fourth-order valence-electron chi connectivity index (χ4n) is 3.58. The van der Waals surface area contributed by atoms with Gasteiger partial charge in [-0.3, -0.25) is 4.79 Å². The maximum absolute atomic E-state index is 13.8. The van der Waals surface area contributed by atoms with E-state index >= 15 is 0 Å². The largest absolute Gasteiger partial charge is 0.478 e. The van der Waals surface area contributed by atoms with Gasteiger partial charge in [-0.25, -0.2) is 4.39 Å². The first-order valence-corrected chi connectivity index (χ1v) is 12.4. The van der Waals surface area contributed by atoms with Crippen LogP contribution in [0.15, 0.2) is 33.9 Å². The van der Waals surface area contributed by atoms with Crippen LogP contribution in [-0.2, 0) is 17.6 Å². The summed E-state index contributed by atoms with van der Waals surface area (Å²) in [7, 11) is 0. The summed E-state index contributed by atoms with van der Waals surface area (Å²) in [6, 6.07) is 8.34. The first-order valence-electron chi connectivity index (χ1n) is 10.7. The molecular weight excluding hydrogens is 463 g/mol. The molecule has 0 fully saturated rings. The summed E-state index contributed by atoms with van der Waals surface area (Å²) in [6.07, 6.45) is 4.51. The molecule has 7 nitrogen and oxygen atoms in total. The van der Waals surface area contributed by atoms with E-state index in [-0.39, 0.29) is 22.8 Å². The summed E-state index contributed by atoms with van der Waals surface area (Å²) in [5.74, 6) is -0.454. The number of aromatic nitrogens is 2. The highest BCUT2D eigenvalue weighted by atomic mass is 32.2. The molecule has 2 atom stereocenters. The Morgan fingerprint density at radius 3 is 2.85 bits per heavy atom. The van der Waals surface area contributed by atoms with Crippen molar-refractivity contribution in [2.45, 2.75) is 62.5 Å². The zero-order valence-corrected chi connectivity index (χ0v) is 19.9. The number of para-hydroxylation sites is 1. The van der Waals surface area contributed by atoms with Gasteiger partial charge in [0, 0.05) is 4.88 Å². The minimum absolute atomic E-state index is 0.0905. The Kier molecular flexibility index (Phi) is 7.30. The van der Waals surface area contributed by atoms with Gasteiger partial charge in [-0.1, -0.05) is 30.3 Å².